The van der Waals surface area contributed by atoms with E-state index in [0.717, 1.165) is 39.0 Å². The van der Waals surface area contributed by atoms with Crippen molar-refractivity contribution in [3.8, 4) is 0 Å². The number of nitrogens with one attached hydrogen (secondary N) is 1. The number of carbonyl (C=O) groups is 1. The average molecular weight is 269 g/mol. The molecule has 1 amide bonds. The van der Waals surface area contributed by atoms with Gasteiger partial charge in [-0.25, -0.2) is 0 Å². The Balaban J connectivity index is 2.68. The van der Waals surface area contributed by atoms with Gasteiger partial charge in [-0.1, -0.05) is 13.8 Å². The van der Waals surface area contributed by atoms with Crippen LogP contribution in [0.25, 0.3) is 0 Å². The summed E-state index contributed by atoms with van der Waals surface area (Å²) in [6, 6.07) is 0. The van der Waals surface area contributed by atoms with Crippen molar-refractivity contribution in [1.29, 1.82) is 0 Å². The highest BCUT2D eigenvalue weighted by atomic mass is 16.2. The Morgan fingerprint density at radius 3 is 2.42 bits per heavy atom. The Morgan fingerprint density at radius 1 is 1.26 bits per heavy atom. The van der Waals surface area contributed by atoms with E-state index in [1.807, 2.05) is 4.90 Å². The van der Waals surface area contributed by atoms with E-state index in [9.17, 15) is 4.79 Å². The van der Waals surface area contributed by atoms with E-state index in [0.29, 0.717) is 5.92 Å². The summed E-state index contributed by atoms with van der Waals surface area (Å²) in [5.74, 6) is 0.793. The second-order valence-electron chi connectivity index (χ2n) is 6.66. The van der Waals surface area contributed by atoms with Crippen molar-refractivity contribution < 1.29 is 4.79 Å². The molecule has 1 rings (SSSR count). The summed E-state index contributed by atoms with van der Waals surface area (Å²) in [5.41, 5.74) is -0.348. The Labute approximate surface area is 118 Å². The molecule has 0 aromatic rings. The zero-order chi connectivity index (χ0) is 14.5. The number of rotatable bonds is 6. The van der Waals surface area contributed by atoms with Crippen molar-refractivity contribution in [2.75, 3.05) is 40.3 Å². The number of piperidine rings is 1. The van der Waals surface area contributed by atoms with Gasteiger partial charge in [0, 0.05) is 19.6 Å². The maximum atomic E-state index is 12.8. The van der Waals surface area contributed by atoms with Gasteiger partial charge in [0.05, 0.1) is 5.54 Å². The van der Waals surface area contributed by atoms with Crippen LogP contribution in [0.4, 0.5) is 0 Å². The molecule has 0 aromatic carbocycles. The minimum Gasteiger partial charge on any atom is -0.340 e. The molecule has 1 unspecified atom stereocenters. The molecule has 1 heterocycles. The number of likely N-dealkylation sites (N-methyl/N-ethyl adjacent to an activating group) is 1. The highest BCUT2D eigenvalue weighted by Gasteiger charge is 2.37. The molecule has 1 N–H and O–H groups in total. The molecule has 4 heteroatoms. The third kappa shape index (κ3) is 5.11. The smallest absolute Gasteiger partial charge is 0.242 e. The van der Waals surface area contributed by atoms with Crippen LogP contribution in [-0.4, -0.2) is 61.5 Å². The lowest BCUT2D eigenvalue weighted by atomic mass is 9.89. The fourth-order valence-electron chi connectivity index (χ4n) is 2.62. The second kappa shape index (κ2) is 7.25. The van der Waals surface area contributed by atoms with Gasteiger partial charge in [0.15, 0.2) is 0 Å². The second-order valence-corrected chi connectivity index (χ2v) is 6.66. The molecule has 1 atom stereocenters. The molecule has 1 aliphatic rings. The normalized spacial score (nSPS) is 23.9. The van der Waals surface area contributed by atoms with E-state index < -0.39 is 0 Å². The zero-order valence-corrected chi connectivity index (χ0v) is 13.3. The van der Waals surface area contributed by atoms with Gasteiger partial charge in [-0.2, -0.15) is 0 Å². The Kier molecular flexibility index (Phi) is 6.27. The van der Waals surface area contributed by atoms with Crippen LogP contribution in [0, 0.1) is 5.92 Å². The van der Waals surface area contributed by atoms with Gasteiger partial charge in [-0.15, -0.1) is 0 Å². The lowest BCUT2D eigenvalue weighted by molar-refractivity contribution is -0.139. The molecule has 0 saturated carbocycles. The van der Waals surface area contributed by atoms with Gasteiger partial charge in [-0.3, -0.25) is 4.79 Å². The maximum Gasteiger partial charge on any atom is 0.242 e. The predicted octanol–water partition coefficient (Wildman–Crippen LogP) is 1.56. The standard InChI is InChI=1S/C15H31N3O/c1-13(2)12-18(11-10-17(4)5)14(19)15(3)8-6-7-9-16-15/h13,16H,6-12H2,1-5H3. The molecule has 0 spiro atoms. The van der Waals surface area contributed by atoms with Crippen molar-refractivity contribution >= 4 is 5.91 Å². The summed E-state index contributed by atoms with van der Waals surface area (Å²) in [4.78, 5) is 17.0. The molecular formula is C15H31N3O. The molecule has 0 bridgehead atoms. The topological polar surface area (TPSA) is 35.6 Å². The number of amides is 1. The quantitative estimate of drug-likeness (QED) is 0.795. The highest BCUT2D eigenvalue weighted by Crippen LogP contribution is 2.21. The van der Waals surface area contributed by atoms with E-state index >= 15 is 0 Å². The monoisotopic (exact) mass is 269 g/mol. The molecular weight excluding hydrogens is 238 g/mol. The lowest BCUT2D eigenvalue weighted by Gasteiger charge is -2.39. The fraction of sp³-hybridized carbons (Fsp3) is 0.933. The first kappa shape index (κ1) is 16.4. The van der Waals surface area contributed by atoms with Gasteiger partial charge in [-0.05, 0) is 52.7 Å². The third-order valence-corrected chi connectivity index (χ3v) is 3.78. The molecule has 112 valence electrons. The summed E-state index contributed by atoms with van der Waals surface area (Å²) in [5, 5.41) is 3.43. The van der Waals surface area contributed by atoms with Gasteiger partial charge >= 0.3 is 0 Å². The molecule has 1 aliphatic heterocycles. The largest absolute Gasteiger partial charge is 0.340 e. The summed E-state index contributed by atoms with van der Waals surface area (Å²) >= 11 is 0. The lowest BCUT2D eigenvalue weighted by Crippen LogP contribution is -2.59. The van der Waals surface area contributed by atoms with Crippen LogP contribution in [0.15, 0.2) is 0 Å². The summed E-state index contributed by atoms with van der Waals surface area (Å²) in [7, 11) is 4.11. The molecule has 4 nitrogen and oxygen atoms in total. The summed E-state index contributed by atoms with van der Waals surface area (Å²) in [6.07, 6.45) is 3.30. The van der Waals surface area contributed by atoms with Crippen LogP contribution in [0.2, 0.25) is 0 Å². The number of hydrogen-bond donors (Lipinski definition) is 1. The third-order valence-electron chi connectivity index (χ3n) is 3.78. The fourth-order valence-corrected chi connectivity index (χ4v) is 2.62. The molecule has 19 heavy (non-hydrogen) atoms. The minimum absolute atomic E-state index is 0.280. The van der Waals surface area contributed by atoms with Gasteiger partial charge < -0.3 is 15.1 Å². The van der Waals surface area contributed by atoms with Crippen LogP contribution < -0.4 is 5.32 Å². The van der Waals surface area contributed by atoms with E-state index in [-0.39, 0.29) is 11.4 Å². The first-order chi connectivity index (χ1) is 8.85. The van der Waals surface area contributed by atoms with Gasteiger partial charge in [0.25, 0.3) is 0 Å². The van der Waals surface area contributed by atoms with Crippen LogP contribution >= 0.6 is 0 Å². The van der Waals surface area contributed by atoms with E-state index in [4.69, 9.17) is 0 Å². The van der Waals surface area contributed by atoms with Crippen molar-refractivity contribution in [2.45, 2.75) is 45.6 Å². The van der Waals surface area contributed by atoms with Crippen molar-refractivity contribution in [2.24, 2.45) is 5.92 Å². The SMILES string of the molecule is CC(C)CN(CCN(C)C)C(=O)C1(C)CCCCN1. The van der Waals surface area contributed by atoms with Crippen LogP contribution in [0.3, 0.4) is 0 Å². The van der Waals surface area contributed by atoms with Crippen LogP contribution in [-0.2, 0) is 4.79 Å². The zero-order valence-electron chi connectivity index (χ0n) is 13.3. The van der Waals surface area contributed by atoms with Crippen LogP contribution in [0.5, 0.6) is 0 Å². The van der Waals surface area contributed by atoms with Gasteiger partial charge in [0.1, 0.15) is 0 Å². The summed E-state index contributed by atoms with van der Waals surface area (Å²) in [6.45, 7) is 9.97. The van der Waals surface area contributed by atoms with E-state index in [1.54, 1.807) is 0 Å². The number of carbonyl (C=O) groups excluding carboxylic acids is 1. The Bertz CT molecular complexity index is 283. The summed E-state index contributed by atoms with van der Waals surface area (Å²) < 4.78 is 0. The minimum atomic E-state index is -0.348. The van der Waals surface area contributed by atoms with Crippen LogP contribution in [0.1, 0.15) is 40.0 Å². The van der Waals surface area contributed by atoms with E-state index in [2.05, 4.69) is 45.1 Å². The molecule has 0 aromatic heterocycles. The van der Waals surface area contributed by atoms with Crippen molar-refractivity contribution in [1.82, 2.24) is 15.1 Å². The molecule has 0 aliphatic carbocycles. The Morgan fingerprint density at radius 2 is 1.95 bits per heavy atom. The first-order valence-corrected chi connectivity index (χ1v) is 7.54. The molecule has 1 saturated heterocycles. The molecule has 0 radical (unpaired) electrons. The predicted molar refractivity (Wildman–Crippen MR) is 80.2 cm³/mol. The van der Waals surface area contributed by atoms with Crippen molar-refractivity contribution in [3.63, 3.8) is 0 Å². The average Bonchev–Trinajstić information content (AvgIpc) is 2.34. The maximum absolute atomic E-state index is 12.8. The van der Waals surface area contributed by atoms with Gasteiger partial charge in [0.2, 0.25) is 5.91 Å². The Hall–Kier alpha value is -0.610. The van der Waals surface area contributed by atoms with Crippen molar-refractivity contribution in [3.05, 3.63) is 0 Å². The first-order valence-electron chi connectivity index (χ1n) is 7.54. The number of nitrogens with zero attached hydrogens (tertiary/aromatic N) is 2. The van der Waals surface area contributed by atoms with E-state index in [1.165, 1.54) is 6.42 Å². The highest BCUT2D eigenvalue weighted by molar-refractivity contribution is 5.86. The molecule has 1 fully saturated rings. The number of hydrogen-bond acceptors (Lipinski definition) is 3.